The molecule has 3 rings (SSSR count). The van der Waals surface area contributed by atoms with Gasteiger partial charge < -0.3 is 4.74 Å². The van der Waals surface area contributed by atoms with Crippen LogP contribution in [0.5, 0.6) is 0 Å². The molecule has 184 valence electrons. The molecule has 3 fully saturated rings. The van der Waals surface area contributed by atoms with Crippen molar-refractivity contribution in [3.63, 3.8) is 0 Å². The Morgan fingerprint density at radius 3 is 1.77 bits per heavy atom. The molecule has 0 heterocycles. The van der Waals surface area contributed by atoms with Gasteiger partial charge in [0.1, 0.15) is 0 Å². The van der Waals surface area contributed by atoms with Crippen LogP contribution in [0.3, 0.4) is 0 Å². The van der Waals surface area contributed by atoms with E-state index in [0.29, 0.717) is 6.42 Å². The predicted octanol–water partition coefficient (Wildman–Crippen LogP) is 4.28. The lowest BCUT2D eigenvalue weighted by molar-refractivity contribution is -0.124. The van der Waals surface area contributed by atoms with E-state index in [1.165, 1.54) is 0 Å². The zero-order chi connectivity index (χ0) is 24.4. The van der Waals surface area contributed by atoms with Gasteiger partial charge in [0.05, 0.1) is 0 Å². The minimum absolute atomic E-state index is 0.00435. The highest BCUT2D eigenvalue weighted by atomic mass is 32.3. The Kier molecular flexibility index (Phi) is 6.80. The van der Waals surface area contributed by atoms with Crippen molar-refractivity contribution in [3.8, 4) is 0 Å². The second-order valence-electron chi connectivity index (χ2n) is 9.28. The normalized spacial score (nSPS) is 29.7. The third-order valence-electron chi connectivity index (χ3n) is 7.03. The van der Waals surface area contributed by atoms with E-state index in [4.69, 9.17) is 4.74 Å². The molecule has 31 heavy (non-hydrogen) atoms. The first kappa shape index (κ1) is 26.9. The van der Waals surface area contributed by atoms with Crippen molar-refractivity contribution in [2.45, 2.75) is 63.3 Å². The third-order valence-corrected chi connectivity index (χ3v) is 17.9. The Labute approximate surface area is 179 Å². The lowest BCUT2D eigenvalue weighted by atomic mass is 9.45. The monoisotopic (exact) mass is 519 g/mol. The first-order valence-electron chi connectivity index (χ1n) is 9.66. The summed E-state index contributed by atoms with van der Waals surface area (Å²) in [5.41, 5.74) is -13.6. The fourth-order valence-electron chi connectivity index (χ4n) is 5.32. The quantitative estimate of drug-likeness (QED) is 0.371. The molecule has 0 unspecified atom stereocenters. The molecule has 15 heteroatoms. The van der Waals surface area contributed by atoms with Crippen molar-refractivity contribution in [3.05, 3.63) is 0 Å². The smallest absolute Gasteiger partial charge is 0.381 e. The van der Waals surface area contributed by atoms with Gasteiger partial charge in [-0.1, -0.05) is 26.9 Å². The van der Waals surface area contributed by atoms with E-state index in [1.807, 2.05) is 13.8 Å². The van der Waals surface area contributed by atoms with Crippen molar-refractivity contribution in [1.29, 1.82) is 0 Å². The van der Waals surface area contributed by atoms with Gasteiger partial charge in [0.25, 0.3) is 0 Å². The first-order valence-corrected chi connectivity index (χ1v) is 15.6. The van der Waals surface area contributed by atoms with E-state index < -0.39 is 54.1 Å². The lowest BCUT2D eigenvalue weighted by Crippen LogP contribution is -2.67. The maximum absolute atomic E-state index is 13.3. The molecule has 4 atom stereocenters. The van der Waals surface area contributed by atoms with E-state index in [9.17, 15) is 43.2 Å². The summed E-state index contributed by atoms with van der Waals surface area (Å²) in [6, 6.07) is 0. The summed E-state index contributed by atoms with van der Waals surface area (Å²) >= 11 is 0. The van der Waals surface area contributed by atoms with Gasteiger partial charge in [0.2, 0.25) is 0 Å². The fraction of sp³-hybridized carbons (Fsp3) is 1.00. The van der Waals surface area contributed by atoms with Crippen LogP contribution in [-0.2, 0) is 24.8 Å². The molecule has 0 aromatic carbocycles. The highest BCUT2D eigenvalue weighted by Gasteiger charge is 2.70. The van der Waals surface area contributed by atoms with Gasteiger partial charge in [-0.25, -0.2) is 16.8 Å². The van der Waals surface area contributed by atoms with Crippen molar-refractivity contribution in [2.75, 3.05) is 13.2 Å². The average molecular weight is 520 g/mol. The van der Waals surface area contributed by atoms with Crippen LogP contribution in [0, 0.1) is 23.2 Å². The van der Waals surface area contributed by atoms with Crippen molar-refractivity contribution in [2.24, 2.45) is 23.2 Å². The van der Waals surface area contributed by atoms with Gasteiger partial charge >= 0.3 is 31.1 Å². The van der Waals surface area contributed by atoms with Crippen LogP contribution in [0.15, 0.2) is 0 Å². The van der Waals surface area contributed by atoms with Gasteiger partial charge in [-0.3, -0.25) is 0 Å². The average Bonchev–Trinajstić information content (AvgIpc) is 2.56. The molecule has 0 radical (unpaired) electrons. The summed E-state index contributed by atoms with van der Waals surface area (Å²) in [5.74, 6) is -0.745. The number of ether oxygens (including phenoxy) is 1. The Hall–Kier alpha value is -0.383. The number of halogens is 6. The summed E-state index contributed by atoms with van der Waals surface area (Å²) in [4.78, 5) is 0. The largest absolute Gasteiger partial charge is 0.512 e. The second-order valence-corrected chi connectivity index (χ2v) is 18.2. The van der Waals surface area contributed by atoms with Gasteiger partial charge in [0.15, 0.2) is 8.24 Å². The minimum Gasteiger partial charge on any atom is -0.381 e. The van der Waals surface area contributed by atoms with Gasteiger partial charge in [-0.15, -0.1) is 3.38 Å². The summed E-state index contributed by atoms with van der Waals surface area (Å²) < 4.78 is 133. The van der Waals surface area contributed by atoms with E-state index >= 15 is 0 Å². The van der Waals surface area contributed by atoms with Crippen LogP contribution in [0.1, 0.15) is 33.6 Å². The fourth-order valence-corrected chi connectivity index (χ4v) is 16.1. The molecule has 0 aromatic heterocycles. The second kappa shape index (κ2) is 7.84. The van der Waals surface area contributed by atoms with Crippen LogP contribution < -0.4 is 0 Å². The molecule has 0 aliphatic heterocycles. The molecule has 2 bridgehead atoms. The standard InChI is InChI=1S/C16H27F6NO5S2Si/c1-6-28-9-11-12-7-10(14(12,2)3)8-13(11)31(4,5)23(29(24,25)15(17,18)19)30(26,27)16(20,21)22/h10-13H,6-9H2,1-5H3/t10-,11-,12+,13-/m0/s1. The lowest BCUT2D eigenvalue weighted by Gasteiger charge is -2.65. The van der Waals surface area contributed by atoms with Crippen LogP contribution in [0.25, 0.3) is 0 Å². The summed E-state index contributed by atoms with van der Waals surface area (Å²) in [7, 11) is -18.1. The number of hydrogen-bond donors (Lipinski definition) is 0. The topological polar surface area (TPSA) is 80.8 Å². The molecule has 0 amide bonds. The highest BCUT2D eigenvalue weighted by Crippen LogP contribution is 2.67. The molecular weight excluding hydrogens is 492 g/mol. The summed E-state index contributed by atoms with van der Waals surface area (Å²) in [6.07, 6.45) is 0.821. The van der Waals surface area contributed by atoms with E-state index in [2.05, 4.69) is 0 Å². The van der Waals surface area contributed by atoms with E-state index in [-0.39, 0.29) is 36.9 Å². The summed E-state index contributed by atoms with van der Waals surface area (Å²) in [6.45, 7) is 7.68. The number of nitrogens with zero attached hydrogens (tertiary/aromatic N) is 1. The van der Waals surface area contributed by atoms with Crippen LogP contribution in [0.4, 0.5) is 26.3 Å². The molecule has 6 nitrogen and oxygen atoms in total. The highest BCUT2D eigenvalue weighted by molar-refractivity contribution is 8.06. The van der Waals surface area contributed by atoms with Crippen molar-refractivity contribution in [1.82, 2.24) is 3.38 Å². The molecular formula is C16H27F6NO5S2Si. The zero-order valence-corrected chi connectivity index (χ0v) is 20.3. The van der Waals surface area contributed by atoms with Crippen molar-refractivity contribution >= 4 is 28.3 Å². The van der Waals surface area contributed by atoms with Crippen LogP contribution >= 0.6 is 0 Å². The van der Waals surface area contributed by atoms with E-state index in [1.54, 1.807) is 6.92 Å². The van der Waals surface area contributed by atoms with E-state index in [0.717, 1.165) is 13.1 Å². The number of fused-ring (bicyclic) bond motifs is 2. The van der Waals surface area contributed by atoms with Gasteiger partial charge in [-0.05, 0) is 48.5 Å². The number of alkyl halides is 6. The molecule has 0 N–H and O–H groups in total. The SMILES string of the molecule is CCOC[C@H]1[C@H]2C[C@@H](C[C@@H]1[Si](C)(C)N(S(=O)(=O)C(F)(F)F)S(=O)(=O)C(F)(F)F)C2(C)C. The number of sulfonamides is 2. The van der Waals surface area contributed by atoms with Crippen molar-refractivity contribution < 1.29 is 47.9 Å². The zero-order valence-electron chi connectivity index (χ0n) is 17.7. The first-order chi connectivity index (χ1) is 13.6. The molecule has 3 saturated carbocycles. The molecule has 3 aliphatic carbocycles. The molecule has 3 aliphatic rings. The minimum atomic E-state index is -6.82. The van der Waals surface area contributed by atoms with Crippen LogP contribution in [-0.4, -0.2) is 52.7 Å². The van der Waals surface area contributed by atoms with Gasteiger partial charge in [0, 0.05) is 13.2 Å². The number of rotatable bonds is 7. The Bertz CT molecular complexity index is 856. The summed E-state index contributed by atoms with van der Waals surface area (Å²) in [5, 5.41) is 0. The molecule has 0 spiro atoms. The molecule has 0 saturated heterocycles. The van der Waals surface area contributed by atoms with Gasteiger partial charge in [-0.2, -0.15) is 26.3 Å². The molecule has 0 aromatic rings. The Balaban J connectivity index is 2.67. The Morgan fingerprint density at radius 1 is 0.968 bits per heavy atom. The maximum atomic E-state index is 13.3. The van der Waals surface area contributed by atoms with Crippen LogP contribution in [0.2, 0.25) is 18.6 Å². The predicted molar refractivity (Wildman–Crippen MR) is 103 cm³/mol. The number of hydrogen-bond acceptors (Lipinski definition) is 5. The third kappa shape index (κ3) is 4.17. The Morgan fingerprint density at radius 2 is 1.42 bits per heavy atom. The maximum Gasteiger partial charge on any atom is 0.512 e.